The Hall–Kier alpha value is -1.71. The number of aliphatic hydroxyl groups excluding tert-OH is 1. The van der Waals surface area contributed by atoms with Crippen molar-refractivity contribution in [1.29, 1.82) is 0 Å². The molecule has 0 aliphatic heterocycles. The second-order valence-electron chi connectivity index (χ2n) is 4.28. The van der Waals surface area contributed by atoms with E-state index in [4.69, 9.17) is 26.6 Å². The molecule has 3 nitrogen and oxygen atoms in total. The summed E-state index contributed by atoms with van der Waals surface area (Å²) in [5.74, 6) is 1.08. The fraction of sp³-hybridized carbons (Fsp3) is 0.250. The van der Waals surface area contributed by atoms with Gasteiger partial charge in [0.05, 0.1) is 6.61 Å². The predicted molar refractivity (Wildman–Crippen MR) is 81.6 cm³/mol. The minimum atomic E-state index is 0.0644. The first-order valence-corrected chi connectivity index (χ1v) is 6.66. The monoisotopic (exact) mass is 294 g/mol. The molecule has 0 saturated heterocycles. The molecule has 0 aliphatic carbocycles. The van der Waals surface area contributed by atoms with Crippen LogP contribution in [-0.4, -0.2) is 23.4 Å². The normalized spacial score (nSPS) is 9.60. The van der Waals surface area contributed by atoms with Gasteiger partial charge in [-0.3, -0.25) is 0 Å². The van der Waals surface area contributed by atoms with E-state index in [2.05, 4.69) is 0 Å². The first-order chi connectivity index (χ1) is 9.54. The Labute approximate surface area is 124 Å². The third-order valence-electron chi connectivity index (χ3n) is 2.52. The van der Waals surface area contributed by atoms with Crippen LogP contribution in [-0.2, 0) is 0 Å². The zero-order chi connectivity index (χ0) is 15.0. The zero-order valence-corrected chi connectivity index (χ0v) is 12.4. The largest absolute Gasteiger partial charge is 0.508 e. The van der Waals surface area contributed by atoms with Crippen molar-refractivity contribution in [3.05, 3.63) is 58.6 Å². The summed E-state index contributed by atoms with van der Waals surface area (Å²) in [7, 11) is 0. The van der Waals surface area contributed by atoms with Crippen molar-refractivity contribution in [2.45, 2.75) is 13.8 Å². The van der Waals surface area contributed by atoms with Crippen LogP contribution in [0.4, 0.5) is 0 Å². The molecule has 0 radical (unpaired) electrons. The number of aromatic hydroxyl groups is 1. The lowest BCUT2D eigenvalue weighted by Crippen LogP contribution is -2.00. The Bertz CT molecular complexity index is 503. The van der Waals surface area contributed by atoms with E-state index in [-0.39, 0.29) is 12.4 Å². The minimum Gasteiger partial charge on any atom is -0.508 e. The lowest BCUT2D eigenvalue weighted by atomic mass is 10.1. The standard InChI is InChI=1S/C8H9ClO.C8H10O2/c1-5-3-7(10)4-6(2)8(5)9;9-6-7-10-8-4-2-1-3-5-8/h3-4,10H,1-2H3;1-5,9H,6-7H2. The quantitative estimate of drug-likeness (QED) is 0.907. The van der Waals surface area contributed by atoms with Gasteiger partial charge in [0.15, 0.2) is 0 Å². The average molecular weight is 295 g/mol. The first-order valence-electron chi connectivity index (χ1n) is 6.29. The molecule has 0 amide bonds. The molecule has 2 aromatic rings. The van der Waals surface area contributed by atoms with Crippen LogP contribution in [0.15, 0.2) is 42.5 Å². The minimum absolute atomic E-state index is 0.0644. The Morgan fingerprint density at radius 3 is 2.10 bits per heavy atom. The third kappa shape index (κ3) is 5.51. The van der Waals surface area contributed by atoms with Crippen LogP contribution in [0.25, 0.3) is 0 Å². The number of phenolic OH excluding ortho intramolecular Hbond substituents is 1. The van der Waals surface area contributed by atoms with Crippen molar-refractivity contribution in [1.82, 2.24) is 0 Å². The van der Waals surface area contributed by atoms with Crippen molar-refractivity contribution in [3.63, 3.8) is 0 Å². The summed E-state index contributed by atoms with van der Waals surface area (Å²) in [6, 6.07) is 12.7. The smallest absolute Gasteiger partial charge is 0.119 e. The van der Waals surface area contributed by atoms with Gasteiger partial charge in [-0.25, -0.2) is 0 Å². The maximum atomic E-state index is 9.06. The number of phenols is 1. The predicted octanol–water partition coefficient (Wildman–Crippen LogP) is 3.72. The van der Waals surface area contributed by atoms with E-state index in [1.54, 1.807) is 12.1 Å². The highest BCUT2D eigenvalue weighted by Gasteiger charge is 1.99. The molecule has 0 unspecified atom stereocenters. The number of aliphatic hydroxyl groups is 1. The summed E-state index contributed by atoms with van der Waals surface area (Å²) >= 11 is 5.84. The third-order valence-corrected chi connectivity index (χ3v) is 3.12. The van der Waals surface area contributed by atoms with Crippen LogP contribution in [0.1, 0.15) is 11.1 Å². The molecule has 0 spiro atoms. The molecule has 4 heteroatoms. The number of para-hydroxylation sites is 1. The molecule has 0 heterocycles. The van der Waals surface area contributed by atoms with E-state index in [0.29, 0.717) is 6.61 Å². The molecule has 108 valence electrons. The molecular formula is C16H19ClO3. The number of halogens is 1. The topological polar surface area (TPSA) is 49.7 Å². The maximum absolute atomic E-state index is 9.06. The summed E-state index contributed by atoms with van der Waals surface area (Å²) in [5, 5.41) is 18.2. The highest BCUT2D eigenvalue weighted by atomic mass is 35.5. The van der Waals surface area contributed by atoms with Crippen molar-refractivity contribution in [2.24, 2.45) is 0 Å². The van der Waals surface area contributed by atoms with E-state index in [0.717, 1.165) is 21.9 Å². The maximum Gasteiger partial charge on any atom is 0.119 e. The van der Waals surface area contributed by atoms with Crippen LogP contribution in [0, 0.1) is 13.8 Å². The van der Waals surface area contributed by atoms with Gasteiger partial charge in [0.25, 0.3) is 0 Å². The van der Waals surface area contributed by atoms with Gasteiger partial charge >= 0.3 is 0 Å². The molecular weight excluding hydrogens is 276 g/mol. The highest BCUT2D eigenvalue weighted by Crippen LogP contribution is 2.24. The second-order valence-corrected chi connectivity index (χ2v) is 4.66. The van der Waals surface area contributed by atoms with Crippen LogP contribution < -0.4 is 4.74 Å². The Kier molecular flexibility index (Phi) is 6.91. The van der Waals surface area contributed by atoms with Gasteiger partial charge in [0.1, 0.15) is 18.1 Å². The van der Waals surface area contributed by atoms with E-state index in [1.807, 2.05) is 44.2 Å². The Balaban J connectivity index is 0.000000200. The van der Waals surface area contributed by atoms with Crippen LogP contribution in [0.5, 0.6) is 11.5 Å². The molecule has 0 aromatic heterocycles. The van der Waals surface area contributed by atoms with Crippen LogP contribution in [0.3, 0.4) is 0 Å². The van der Waals surface area contributed by atoms with E-state index < -0.39 is 0 Å². The van der Waals surface area contributed by atoms with E-state index >= 15 is 0 Å². The van der Waals surface area contributed by atoms with E-state index in [9.17, 15) is 0 Å². The Morgan fingerprint density at radius 2 is 1.60 bits per heavy atom. The molecule has 0 saturated carbocycles. The Morgan fingerprint density at radius 1 is 1.05 bits per heavy atom. The molecule has 2 N–H and O–H groups in total. The van der Waals surface area contributed by atoms with Gasteiger partial charge in [-0.2, -0.15) is 0 Å². The van der Waals surface area contributed by atoms with E-state index in [1.165, 1.54) is 0 Å². The van der Waals surface area contributed by atoms with Crippen molar-refractivity contribution < 1.29 is 14.9 Å². The van der Waals surface area contributed by atoms with Crippen molar-refractivity contribution >= 4 is 11.6 Å². The van der Waals surface area contributed by atoms with Crippen LogP contribution >= 0.6 is 11.6 Å². The molecule has 0 aliphatic rings. The number of benzene rings is 2. The number of rotatable bonds is 3. The molecule has 20 heavy (non-hydrogen) atoms. The zero-order valence-electron chi connectivity index (χ0n) is 11.6. The van der Waals surface area contributed by atoms with Gasteiger partial charge < -0.3 is 14.9 Å². The van der Waals surface area contributed by atoms with Gasteiger partial charge in [-0.1, -0.05) is 29.8 Å². The van der Waals surface area contributed by atoms with Gasteiger partial charge in [0.2, 0.25) is 0 Å². The molecule has 0 atom stereocenters. The molecule has 0 fully saturated rings. The first kappa shape index (κ1) is 16.3. The fourth-order valence-corrected chi connectivity index (χ4v) is 1.71. The van der Waals surface area contributed by atoms with Crippen molar-refractivity contribution in [2.75, 3.05) is 13.2 Å². The number of hydrogen-bond donors (Lipinski definition) is 2. The SMILES string of the molecule is Cc1cc(O)cc(C)c1Cl.OCCOc1ccccc1. The molecule has 2 aromatic carbocycles. The summed E-state index contributed by atoms with van der Waals surface area (Å²) in [6.45, 7) is 4.17. The second kappa shape index (κ2) is 8.46. The molecule has 0 bridgehead atoms. The summed E-state index contributed by atoms with van der Waals surface area (Å²) in [5.41, 5.74) is 1.83. The summed E-state index contributed by atoms with van der Waals surface area (Å²) < 4.78 is 5.11. The van der Waals surface area contributed by atoms with Gasteiger partial charge in [0, 0.05) is 5.02 Å². The number of aryl methyl sites for hydroxylation is 2. The summed E-state index contributed by atoms with van der Waals surface area (Å²) in [4.78, 5) is 0. The van der Waals surface area contributed by atoms with Gasteiger partial charge in [-0.05, 0) is 49.2 Å². The fourth-order valence-electron chi connectivity index (χ4n) is 1.60. The van der Waals surface area contributed by atoms with Crippen molar-refractivity contribution in [3.8, 4) is 11.5 Å². The van der Waals surface area contributed by atoms with Gasteiger partial charge in [-0.15, -0.1) is 0 Å². The molecule has 2 rings (SSSR count). The highest BCUT2D eigenvalue weighted by molar-refractivity contribution is 6.32. The van der Waals surface area contributed by atoms with Crippen LogP contribution in [0.2, 0.25) is 5.02 Å². The average Bonchev–Trinajstić information content (AvgIpc) is 2.44. The number of hydrogen-bond acceptors (Lipinski definition) is 3. The number of ether oxygens (including phenoxy) is 1. The lowest BCUT2D eigenvalue weighted by Gasteiger charge is -2.01. The summed E-state index contributed by atoms with van der Waals surface area (Å²) in [6.07, 6.45) is 0. The lowest BCUT2D eigenvalue weighted by molar-refractivity contribution is 0.201.